The quantitative estimate of drug-likeness (QED) is 0.551. The predicted octanol–water partition coefficient (Wildman–Crippen LogP) is 6.09. The Morgan fingerprint density at radius 3 is 1.75 bits per heavy atom. The van der Waals surface area contributed by atoms with E-state index in [2.05, 4.69) is 96.9 Å². The molecule has 0 saturated carbocycles. The molecule has 2 aliphatic heterocycles. The van der Waals surface area contributed by atoms with Crippen LogP contribution < -0.4 is 10.2 Å². The maximum atomic E-state index is 12.1. The van der Waals surface area contributed by atoms with Gasteiger partial charge in [-0.05, 0) is 47.2 Å². The van der Waals surface area contributed by atoms with E-state index in [4.69, 9.17) is 4.74 Å². The van der Waals surface area contributed by atoms with E-state index in [1.807, 2.05) is 0 Å². The number of nitrogens with zero attached hydrogens (tertiary/aromatic N) is 1. The lowest BCUT2D eigenvalue weighted by atomic mass is 9.64. The summed E-state index contributed by atoms with van der Waals surface area (Å²) in [6.07, 6.45) is 1.63. The molecule has 0 aromatic heterocycles. The van der Waals surface area contributed by atoms with Crippen molar-refractivity contribution in [3.8, 4) is 0 Å². The monoisotopic (exact) mass is 426 g/mol. The van der Waals surface area contributed by atoms with E-state index in [-0.39, 0.29) is 10.8 Å². The second-order valence-electron chi connectivity index (χ2n) is 9.42. The maximum Gasteiger partial charge on any atom is 0.411 e. The maximum absolute atomic E-state index is 12.1. The number of amides is 1. The van der Waals surface area contributed by atoms with Gasteiger partial charge < -0.3 is 9.64 Å². The molecule has 2 heterocycles. The zero-order valence-corrected chi connectivity index (χ0v) is 19.0. The van der Waals surface area contributed by atoms with Crippen LogP contribution in [-0.2, 0) is 15.6 Å². The largest absolute Gasteiger partial charge is 0.453 e. The van der Waals surface area contributed by atoms with E-state index in [0.717, 1.165) is 31.6 Å². The molecule has 0 aliphatic carbocycles. The van der Waals surface area contributed by atoms with Crippen LogP contribution in [0.5, 0.6) is 0 Å². The van der Waals surface area contributed by atoms with Crippen LogP contribution in [-0.4, -0.2) is 26.3 Å². The van der Waals surface area contributed by atoms with Gasteiger partial charge in [-0.1, -0.05) is 74.5 Å². The molecular formula is C28H30N2O2. The average molecular weight is 427 g/mol. The summed E-state index contributed by atoms with van der Waals surface area (Å²) in [7, 11) is 1.40. The van der Waals surface area contributed by atoms with Gasteiger partial charge in [0.1, 0.15) is 0 Å². The van der Waals surface area contributed by atoms with Crippen LogP contribution in [0, 0.1) is 0 Å². The highest BCUT2D eigenvalue weighted by atomic mass is 16.5. The second kappa shape index (κ2) is 7.70. The van der Waals surface area contributed by atoms with Crippen molar-refractivity contribution >= 4 is 17.5 Å². The van der Waals surface area contributed by atoms with Crippen molar-refractivity contribution < 1.29 is 9.53 Å². The molecule has 1 amide bonds. The first kappa shape index (κ1) is 20.6. The molecule has 2 atom stereocenters. The number of hydrogen-bond acceptors (Lipinski definition) is 3. The Bertz CT molecular complexity index is 1070. The van der Waals surface area contributed by atoms with Gasteiger partial charge >= 0.3 is 6.09 Å². The van der Waals surface area contributed by atoms with Crippen LogP contribution in [0.15, 0.2) is 72.8 Å². The molecule has 0 spiro atoms. The number of anilines is 2. The summed E-state index contributed by atoms with van der Waals surface area (Å²) < 4.78 is 4.92. The molecule has 0 radical (unpaired) electrons. The number of ether oxygens (including phenoxy) is 1. The minimum absolute atomic E-state index is 0.134. The van der Waals surface area contributed by atoms with Gasteiger partial charge in [0.15, 0.2) is 0 Å². The molecule has 2 aliphatic rings. The van der Waals surface area contributed by atoms with Gasteiger partial charge in [-0.2, -0.15) is 0 Å². The van der Waals surface area contributed by atoms with E-state index in [9.17, 15) is 4.79 Å². The van der Waals surface area contributed by atoms with Crippen LogP contribution in [0.4, 0.5) is 16.2 Å². The molecule has 0 fully saturated rings. The first-order valence-corrected chi connectivity index (χ1v) is 11.4. The first-order valence-electron chi connectivity index (χ1n) is 11.4. The third-order valence-electron chi connectivity index (χ3n) is 7.63. The first-order chi connectivity index (χ1) is 15.5. The lowest BCUT2D eigenvalue weighted by molar-refractivity contribution is 0.187. The zero-order valence-electron chi connectivity index (χ0n) is 19.0. The Labute approximate surface area is 190 Å². The molecule has 3 aromatic carbocycles. The highest BCUT2D eigenvalue weighted by molar-refractivity contribution is 5.87. The van der Waals surface area contributed by atoms with Crippen molar-refractivity contribution in [1.82, 2.24) is 0 Å². The van der Waals surface area contributed by atoms with Gasteiger partial charge in [0, 0.05) is 35.3 Å². The number of methoxy groups -OCH3 is 1. The molecular weight excluding hydrogens is 396 g/mol. The van der Waals surface area contributed by atoms with Crippen molar-refractivity contribution in [2.45, 2.75) is 37.5 Å². The van der Waals surface area contributed by atoms with Gasteiger partial charge in [-0.3, -0.25) is 5.32 Å². The molecule has 0 bridgehead atoms. The van der Waals surface area contributed by atoms with E-state index in [1.54, 1.807) is 0 Å². The molecule has 4 heteroatoms. The molecule has 164 valence electrons. The van der Waals surface area contributed by atoms with Gasteiger partial charge in [0.2, 0.25) is 0 Å². The minimum atomic E-state index is -0.441. The summed E-state index contributed by atoms with van der Waals surface area (Å²) in [5.74, 6) is 0. The SMILES string of the molecule is COC(=O)Nc1cc2c3c(c1)C(C)(c1ccccc1)CCN3CCC2(C)c1ccccc1. The molecule has 5 rings (SSSR count). The second-order valence-corrected chi connectivity index (χ2v) is 9.42. The van der Waals surface area contributed by atoms with Crippen molar-refractivity contribution in [3.05, 3.63) is 95.1 Å². The van der Waals surface area contributed by atoms with Gasteiger partial charge in [0.05, 0.1) is 7.11 Å². The highest BCUT2D eigenvalue weighted by Crippen LogP contribution is 2.54. The predicted molar refractivity (Wildman–Crippen MR) is 130 cm³/mol. The summed E-state index contributed by atoms with van der Waals surface area (Å²) in [6.45, 7) is 6.73. The van der Waals surface area contributed by atoms with E-state index >= 15 is 0 Å². The zero-order chi connectivity index (χ0) is 22.3. The number of benzene rings is 3. The van der Waals surface area contributed by atoms with Crippen LogP contribution in [0.2, 0.25) is 0 Å². The Kier molecular flexibility index (Phi) is 4.96. The van der Waals surface area contributed by atoms with Crippen molar-refractivity contribution in [1.29, 1.82) is 0 Å². The van der Waals surface area contributed by atoms with Crippen LogP contribution >= 0.6 is 0 Å². The summed E-state index contributed by atoms with van der Waals surface area (Å²) in [5, 5.41) is 2.95. The summed E-state index contributed by atoms with van der Waals surface area (Å²) in [4.78, 5) is 14.7. The lowest BCUT2D eigenvalue weighted by Gasteiger charge is -2.50. The molecule has 1 N–H and O–H groups in total. The molecule has 0 saturated heterocycles. The van der Waals surface area contributed by atoms with Crippen LogP contribution in [0.25, 0.3) is 0 Å². The number of rotatable bonds is 3. The third kappa shape index (κ3) is 3.17. The van der Waals surface area contributed by atoms with Crippen LogP contribution in [0.1, 0.15) is 48.9 Å². The fourth-order valence-corrected chi connectivity index (χ4v) is 5.59. The molecule has 4 nitrogen and oxygen atoms in total. The Morgan fingerprint density at radius 1 is 0.844 bits per heavy atom. The normalized spacial score (nSPS) is 23.9. The van der Waals surface area contributed by atoms with Crippen LogP contribution in [0.3, 0.4) is 0 Å². The Balaban J connectivity index is 1.77. The average Bonchev–Trinajstić information content (AvgIpc) is 2.84. The van der Waals surface area contributed by atoms with Crippen molar-refractivity contribution in [3.63, 3.8) is 0 Å². The molecule has 2 unspecified atom stereocenters. The molecule has 32 heavy (non-hydrogen) atoms. The minimum Gasteiger partial charge on any atom is -0.453 e. The topological polar surface area (TPSA) is 41.6 Å². The Morgan fingerprint density at radius 2 is 1.31 bits per heavy atom. The Hall–Kier alpha value is -3.27. The lowest BCUT2D eigenvalue weighted by Crippen LogP contribution is -2.47. The van der Waals surface area contributed by atoms with Crippen molar-refractivity contribution in [2.24, 2.45) is 0 Å². The van der Waals surface area contributed by atoms with Gasteiger partial charge in [-0.25, -0.2) is 4.79 Å². The smallest absolute Gasteiger partial charge is 0.411 e. The third-order valence-corrected chi connectivity index (χ3v) is 7.63. The fourth-order valence-electron chi connectivity index (χ4n) is 5.59. The van der Waals surface area contributed by atoms with Gasteiger partial charge in [0.25, 0.3) is 0 Å². The number of carbonyl (C=O) groups excluding carboxylic acids is 1. The number of carbonyl (C=O) groups is 1. The van der Waals surface area contributed by atoms with Crippen molar-refractivity contribution in [2.75, 3.05) is 30.4 Å². The highest BCUT2D eigenvalue weighted by Gasteiger charge is 2.45. The molecule has 3 aromatic rings. The standard InChI is InChI=1S/C28H30N2O2/c1-27(20-10-6-4-7-11-20)14-16-30-17-15-28(2,21-12-8-5-9-13-21)24-19-22(29-26(31)32-3)18-23(27)25(24)30/h4-13,18-19H,14-17H2,1-3H3,(H,29,31). The van der Waals surface area contributed by atoms with Gasteiger partial charge in [-0.15, -0.1) is 0 Å². The summed E-state index contributed by atoms with van der Waals surface area (Å²) in [5.41, 5.74) is 7.03. The fraction of sp³-hybridized carbons (Fsp3) is 0.321. The van der Waals surface area contributed by atoms with E-state index in [0.29, 0.717) is 0 Å². The number of hydrogen-bond donors (Lipinski definition) is 1. The van der Waals surface area contributed by atoms with E-state index < -0.39 is 6.09 Å². The van der Waals surface area contributed by atoms with E-state index in [1.165, 1.54) is 35.1 Å². The summed E-state index contributed by atoms with van der Waals surface area (Å²) >= 11 is 0. The summed E-state index contributed by atoms with van der Waals surface area (Å²) in [6, 6.07) is 25.8. The number of nitrogens with one attached hydrogen (secondary N) is 1.